The summed E-state index contributed by atoms with van der Waals surface area (Å²) in [5.41, 5.74) is 1.23. The molecular formula is C8H12OS. The van der Waals surface area contributed by atoms with Crippen LogP contribution < -0.4 is 0 Å². The van der Waals surface area contributed by atoms with Crippen LogP contribution in [0.4, 0.5) is 0 Å². The van der Waals surface area contributed by atoms with Crippen molar-refractivity contribution >= 4 is 12.6 Å². The Kier molecular flexibility index (Phi) is 2.87. The van der Waals surface area contributed by atoms with Crippen molar-refractivity contribution in [3.8, 4) is 0 Å². The van der Waals surface area contributed by atoms with E-state index >= 15 is 0 Å². The average molecular weight is 156 g/mol. The van der Waals surface area contributed by atoms with Crippen LogP contribution in [0.2, 0.25) is 0 Å². The fourth-order valence-electron chi connectivity index (χ4n) is 0.871. The molecule has 0 N–H and O–H groups in total. The molecule has 0 amide bonds. The molecule has 1 aromatic rings. The minimum absolute atomic E-state index is 0.980. The monoisotopic (exact) mass is 156 g/mol. The molecular weight excluding hydrogens is 144 g/mol. The van der Waals surface area contributed by atoms with Gasteiger partial charge >= 0.3 is 0 Å². The highest BCUT2D eigenvalue weighted by atomic mass is 32.1. The quantitative estimate of drug-likeness (QED) is 0.664. The van der Waals surface area contributed by atoms with Gasteiger partial charge in [0.2, 0.25) is 0 Å². The van der Waals surface area contributed by atoms with Crippen LogP contribution in [0.25, 0.3) is 0 Å². The fourth-order valence-corrected chi connectivity index (χ4v) is 1.10. The highest BCUT2D eigenvalue weighted by Gasteiger charge is 1.98. The Balaban J connectivity index is 2.49. The van der Waals surface area contributed by atoms with E-state index in [-0.39, 0.29) is 0 Å². The van der Waals surface area contributed by atoms with E-state index in [9.17, 15) is 0 Å². The summed E-state index contributed by atoms with van der Waals surface area (Å²) in [6.45, 7) is 2.18. The number of thiol groups is 1. The molecule has 56 valence electrons. The molecule has 0 saturated carbocycles. The lowest BCUT2D eigenvalue weighted by molar-refractivity contribution is 0.559. The molecule has 1 aromatic heterocycles. The van der Waals surface area contributed by atoms with E-state index in [0.717, 1.165) is 11.3 Å². The van der Waals surface area contributed by atoms with Crippen molar-refractivity contribution in [2.75, 3.05) is 0 Å². The zero-order valence-electron chi connectivity index (χ0n) is 6.13. The molecule has 0 aromatic carbocycles. The summed E-state index contributed by atoms with van der Waals surface area (Å²) in [6, 6.07) is 0. The SMILES string of the molecule is CCCCc1cocc1S. The van der Waals surface area contributed by atoms with E-state index in [1.807, 2.05) is 0 Å². The van der Waals surface area contributed by atoms with Crippen molar-refractivity contribution in [3.05, 3.63) is 18.1 Å². The van der Waals surface area contributed by atoms with E-state index in [2.05, 4.69) is 19.6 Å². The predicted octanol–water partition coefficient (Wildman–Crippen LogP) is 2.91. The molecule has 0 atom stereocenters. The molecule has 0 bridgehead atoms. The Morgan fingerprint density at radius 3 is 2.80 bits per heavy atom. The van der Waals surface area contributed by atoms with Crippen LogP contribution in [-0.4, -0.2) is 0 Å². The average Bonchev–Trinajstić information content (AvgIpc) is 2.31. The second-order valence-corrected chi connectivity index (χ2v) is 2.87. The van der Waals surface area contributed by atoms with Crippen molar-refractivity contribution in [1.29, 1.82) is 0 Å². The summed E-state index contributed by atoms with van der Waals surface area (Å²) in [4.78, 5) is 0.980. The normalized spacial score (nSPS) is 10.2. The minimum atomic E-state index is 0.980. The summed E-state index contributed by atoms with van der Waals surface area (Å²) in [5, 5.41) is 0. The van der Waals surface area contributed by atoms with E-state index in [1.165, 1.54) is 18.4 Å². The Labute approximate surface area is 66.8 Å². The van der Waals surface area contributed by atoms with Gasteiger partial charge in [0.1, 0.15) is 6.26 Å². The second kappa shape index (κ2) is 3.71. The molecule has 0 aliphatic rings. The van der Waals surface area contributed by atoms with Crippen molar-refractivity contribution in [2.24, 2.45) is 0 Å². The van der Waals surface area contributed by atoms with Gasteiger partial charge in [-0.3, -0.25) is 0 Å². The van der Waals surface area contributed by atoms with Gasteiger partial charge in [-0.15, -0.1) is 12.6 Å². The summed E-state index contributed by atoms with van der Waals surface area (Å²) in [7, 11) is 0. The Bertz CT molecular complexity index is 193. The summed E-state index contributed by atoms with van der Waals surface area (Å²) in [6.07, 6.45) is 6.98. The zero-order chi connectivity index (χ0) is 7.40. The molecule has 1 rings (SSSR count). The van der Waals surface area contributed by atoms with Gasteiger partial charge in [0.05, 0.1) is 6.26 Å². The number of rotatable bonds is 3. The van der Waals surface area contributed by atoms with Gasteiger partial charge in [0.25, 0.3) is 0 Å². The summed E-state index contributed by atoms with van der Waals surface area (Å²) < 4.78 is 4.97. The molecule has 0 aliphatic carbocycles. The van der Waals surface area contributed by atoms with E-state index < -0.39 is 0 Å². The lowest BCUT2D eigenvalue weighted by Crippen LogP contribution is -1.80. The summed E-state index contributed by atoms with van der Waals surface area (Å²) >= 11 is 4.23. The first-order valence-electron chi connectivity index (χ1n) is 3.58. The van der Waals surface area contributed by atoms with E-state index in [1.54, 1.807) is 12.5 Å². The first-order chi connectivity index (χ1) is 4.84. The number of furan rings is 1. The van der Waals surface area contributed by atoms with Gasteiger partial charge < -0.3 is 4.42 Å². The number of unbranched alkanes of at least 4 members (excludes halogenated alkanes) is 1. The highest BCUT2D eigenvalue weighted by molar-refractivity contribution is 7.80. The largest absolute Gasteiger partial charge is 0.471 e. The Hall–Kier alpha value is -0.370. The van der Waals surface area contributed by atoms with Crippen molar-refractivity contribution < 1.29 is 4.42 Å². The second-order valence-electron chi connectivity index (χ2n) is 2.39. The molecule has 1 heterocycles. The Morgan fingerprint density at radius 2 is 2.30 bits per heavy atom. The lowest BCUT2D eigenvalue weighted by atomic mass is 10.1. The van der Waals surface area contributed by atoms with Crippen molar-refractivity contribution in [1.82, 2.24) is 0 Å². The molecule has 0 radical (unpaired) electrons. The van der Waals surface area contributed by atoms with Gasteiger partial charge in [0.15, 0.2) is 0 Å². The standard InChI is InChI=1S/C8H12OS/c1-2-3-4-7-5-9-6-8(7)10/h5-6,10H,2-4H2,1H3. The molecule has 0 saturated heterocycles. The van der Waals surface area contributed by atoms with Gasteiger partial charge in [-0.25, -0.2) is 0 Å². The molecule has 1 nitrogen and oxygen atoms in total. The number of hydrogen-bond donors (Lipinski definition) is 1. The van der Waals surface area contributed by atoms with Crippen LogP contribution in [0.3, 0.4) is 0 Å². The van der Waals surface area contributed by atoms with Gasteiger partial charge in [-0.1, -0.05) is 13.3 Å². The third-order valence-electron chi connectivity index (χ3n) is 1.52. The number of aryl methyl sites for hydroxylation is 1. The molecule has 2 heteroatoms. The van der Waals surface area contributed by atoms with E-state index in [4.69, 9.17) is 4.42 Å². The van der Waals surface area contributed by atoms with Gasteiger partial charge in [-0.05, 0) is 12.8 Å². The van der Waals surface area contributed by atoms with Gasteiger partial charge in [0, 0.05) is 10.5 Å². The zero-order valence-corrected chi connectivity index (χ0v) is 7.03. The summed E-state index contributed by atoms with van der Waals surface area (Å²) in [5.74, 6) is 0. The van der Waals surface area contributed by atoms with Crippen LogP contribution in [0.15, 0.2) is 21.8 Å². The molecule has 0 spiro atoms. The first-order valence-corrected chi connectivity index (χ1v) is 4.03. The molecule has 10 heavy (non-hydrogen) atoms. The van der Waals surface area contributed by atoms with Crippen LogP contribution >= 0.6 is 12.6 Å². The van der Waals surface area contributed by atoms with Crippen LogP contribution in [0.1, 0.15) is 25.3 Å². The topological polar surface area (TPSA) is 13.1 Å². The molecule has 0 unspecified atom stereocenters. The van der Waals surface area contributed by atoms with Crippen LogP contribution in [0, 0.1) is 0 Å². The maximum absolute atomic E-state index is 4.97. The van der Waals surface area contributed by atoms with Crippen LogP contribution in [0.5, 0.6) is 0 Å². The fraction of sp³-hybridized carbons (Fsp3) is 0.500. The maximum Gasteiger partial charge on any atom is 0.104 e. The lowest BCUT2D eigenvalue weighted by Gasteiger charge is -1.93. The van der Waals surface area contributed by atoms with Crippen LogP contribution in [-0.2, 0) is 6.42 Å². The third-order valence-corrected chi connectivity index (χ3v) is 1.91. The minimum Gasteiger partial charge on any atom is -0.471 e. The first kappa shape index (κ1) is 7.73. The maximum atomic E-state index is 4.97. The van der Waals surface area contributed by atoms with Crippen molar-refractivity contribution in [3.63, 3.8) is 0 Å². The Morgan fingerprint density at radius 1 is 1.50 bits per heavy atom. The van der Waals surface area contributed by atoms with E-state index in [0.29, 0.717) is 0 Å². The molecule has 0 fully saturated rings. The number of hydrogen-bond acceptors (Lipinski definition) is 2. The van der Waals surface area contributed by atoms with Crippen molar-refractivity contribution in [2.45, 2.75) is 31.1 Å². The smallest absolute Gasteiger partial charge is 0.104 e. The van der Waals surface area contributed by atoms with Gasteiger partial charge in [-0.2, -0.15) is 0 Å². The predicted molar refractivity (Wildman–Crippen MR) is 44.6 cm³/mol. The third kappa shape index (κ3) is 1.81. The highest BCUT2D eigenvalue weighted by Crippen LogP contribution is 2.16. The molecule has 0 aliphatic heterocycles.